The van der Waals surface area contributed by atoms with Crippen LogP contribution in [0.2, 0.25) is 0 Å². The number of hydrogen-bond donors (Lipinski definition) is 1. The number of morpholine rings is 1. The first-order chi connectivity index (χ1) is 12.1. The molecule has 0 bridgehead atoms. The molecule has 1 N–H and O–H groups in total. The zero-order valence-corrected chi connectivity index (χ0v) is 15.1. The van der Waals surface area contributed by atoms with Crippen LogP contribution in [0.1, 0.15) is 17.5 Å². The Kier molecular flexibility index (Phi) is 5.71. The lowest BCUT2D eigenvalue weighted by Crippen LogP contribution is -2.42. The van der Waals surface area contributed by atoms with E-state index in [4.69, 9.17) is 4.74 Å². The monoisotopic (exact) mass is 345 g/mol. The molecular formula is C19H27N3O3. The SMILES string of the molecule is Cc1cccc(N2C[C@@H](C(=O)NCCN3CCOCC3)CC2=O)c1C. The van der Waals surface area contributed by atoms with Crippen LogP contribution in [0.25, 0.3) is 0 Å². The Morgan fingerprint density at radius 2 is 2.04 bits per heavy atom. The third-order valence-electron chi connectivity index (χ3n) is 5.19. The fourth-order valence-electron chi connectivity index (χ4n) is 3.45. The summed E-state index contributed by atoms with van der Waals surface area (Å²) < 4.78 is 5.32. The Morgan fingerprint density at radius 1 is 1.28 bits per heavy atom. The minimum atomic E-state index is -0.267. The molecule has 0 unspecified atom stereocenters. The number of ether oxygens (including phenoxy) is 1. The highest BCUT2D eigenvalue weighted by molar-refractivity contribution is 6.00. The number of amides is 2. The second-order valence-corrected chi connectivity index (χ2v) is 6.87. The minimum Gasteiger partial charge on any atom is -0.379 e. The van der Waals surface area contributed by atoms with Crippen molar-refractivity contribution >= 4 is 17.5 Å². The van der Waals surface area contributed by atoms with Gasteiger partial charge in [0.15, 0.2) is 0 Å². The molecule has 2 aliphatic heterocycles. The molecule has 1 aromatic carbocycles. The molecule has 0 aromatic heterocycles. The molecular weight excluding hydrogens is 318 g/mol. The lowest BCUT2D eigenvalue weighted by Gasteiger charge is -2.26. The highest BCUT2D eigenvalue weighted by Gasteiger charge is 2.35. The van der Waals surface area contributed by atoms with Gasteiger partial charge in [-0.3, -0.25) is 14.5 Å². The molecule has 2 heterocycles. The van der Waals surface area contributed by atoms with Gasteiger partial charge < -0.3 is 15.0 Å². The van der Waals surface area contributed by atoms with E-state index >= 15 is 0 Å². The quantitative estimate of drug-likeness (QED) is 0.868. The van der Waals surface area contributed by atoms with Crippen molar-refractivity contribution in [2.45, 2.75) is 20.3 Å². The van der Waals surface area contributed by atoms with Crippen LogP contribution in [0.5, 0.6) is 0 Å². The summed E-state index contributed by atoms with van der Waals surface area (Å²) in [6.45, 7) is 9.32. The molecule has 0 radical (unpaired) electrons. The smallest absolute Gasteiger partial charge is 0.227 e. The third-order valence-corrected chi connectivity index (χ3v) is 5.19. The number of hydrogen-bond acceptors (Lipinski definition) is 4. The van der Waals surface area contributed by atoms with Crippen molar-refractivity contribution in [3.8, 4) is 0 Å². The van der Waals surface area contributed by atoms with Gasteiger partial charge in [0.1, 0.15) is 0 Å². The van der Waals surface area contributed by atoms with Gasteiger partial charge in [-0.15, -0.1) is 0 Å². The van der Waals surface area contributed by atoms with Gasteiger partial charge in [0.2, 0.25) is 11.8 Å². The summed E-state index contributed by atoms with van der Waals surface area (Å²) in [5, 5.41) is 2.99. The van der Waals surface area contributed by atoms with E-state index in [9.17, 15) is 9.59 Å². The van der Waals surface area contributed by atoms with E-state index in [0.717, 1.165) is 49.7 Å². The van der Waals surface area contributed by atoms with E-state index in [2.05, 4.69) is 10.2 Å². The van der Waals surface area contributed by atoms with Crippen LogP contribution in [0, 0.1) is 19.8 Å². The molecule has 2 amide bonds. The first kappa shape index (κ1) is 17.9. The second kappa shape index (κ2) is 7.97. The highest BCUT2D eigenvalue weighted by atomic mass is 16.5. The van der Waals surface area contributed by atoms with Crippen LogP contribution in [-0.2, 0) is 14.3 Å². The van der Waals surface area contributed by atoms with E-state index in [1.54, 1.807) is 4.90 Å². The molecule has 136 valence electrons. The summed E-state index contributed by atoms with van der Waals surface area (Å²) in [4.78, 5) is 28.9. The van der Waals surface area contributed by atoms with Gasteiger partial charge in [-0.05, 0) is 31.0 Å². The Bertz CT molecular complexity index is 641. The predicted molar refractivity (Wildman–Crippen MR) is 96.6 cm³/mol. The summed E-state index contributed by atoms with van der Waals surface area (Å²) in [5.41, 5.74) is 3.18. The summed E-state index contributed by atoms with van der Waals surface area (Å²) in [6, 6.07) is 5.95. The predicted octanol–water partition coefficient (Wildman–Crippen LogP) is 1.10. The van der Waals surface area contributed by atoms with Crippen molar-refractivity contribution in [3.63, 3.8) is 0 Å². The molecule has 2 aliphatic rings. The number of anilines is 1. The number of aryl methyl sites for hydroxylation is 1. The summed E-state index contributed by atoms with van der Waals surface area (Å²) in [5.74, 6) is -0.256. The van der Waals surface area contributed by atoms with Crippen molar-refractivity contribution in [1.82, 2.24) is 10.2 Å². The van der Waals surface area contributed by atoms with Crippen LogP contribution in [0.4, 0.5) is 5.69 Å². The van der Waals surface area contributed by atoms with Crippen molar-refractivity contribution in [3.05, 3.63) is 29.3 Å². The maximum Gasteiger partial charge on any atom is 0.227 e. The van der Waals surface area contributed by atoms with E-state index in [1.807, 2.05) is 32.0 Å². The van der Waals surface area contributed by atoms with Gasteiger partial charge in [-0.1, -0.05) is 12.1 Å². The topological polar surface area (TPSA) is 61.9 Å². The van der Waals surface area contributed by atoms with E-state index in [1.165, 1.54) is 0 Å². The second-order valence-electron chi connectivity index (χ2n) is 6.87. The van der Waals surface area contributed by atoms with Gasteiger partial charge in [0.25, 0.3) is 0 Å². The maximum absolute atomic E-state index is 12.4. The summed E-state index contributed by atoms with van der Waals surface area (Å²) >= 11 is 0. The molecule has 2 fully saturated rings. The number of carbonyl (C=O) groups excluding carboxylic acids is 2. The van der Waals surface area contributed by atoms with Gasteiger partial charge in [0, 0.05) is 44.8 Å². The molecule has 6 heteroatoms. The normalized spacial score (nSPS) is 21.6. The van der Waals surface area contributed by atoms with Crippen LogP contribution in [0.15, 0.2) is 18.2 Å². The van der Waals surface area contributed by atoms with Crippen molar-refractivity contribution in [1.29, 1.82) is 0 Å². The van der Waals surface area contributed by atoms with Gasteiger partial charge in [0.05, 0.1) is 19.1 Å². The lowest BCUT2D eigenvalue weighted by atomic mass is 10.1. The van der Waals surface area contributed by atoms with Crippen LogP contribution in [-0.4, -0.2) is 62.7 Å². The van der Waals surface area contributed by atoms with E-state index in [0.29, 0.717) is 13.1 Å². The summed E-state index contributed by atoms with van der Waals surface area (Å²) in [6.07, 6.45) is 0.288. The molecule has 1 atom stereocenters. The molecule has 3 rings (SSSR count). The number of carbonyl (C=O) groups is 2. The number of nitrogens with zero attached hydrogens (tertiary/aromatic N) is 2. The molecule has 25 heavy (non-hydrogen) atoms. The maximum atomic E-state index is 12.4. The largest absolute Gasteiger partial charge is 0.379 e. The number of benzene rings is 1. The first-order valence-electron chi connectivity index (χ1n) is 9.00. The van der Waals surface area contributed by atoms with Crippen LogP contribution < -0.4 is 10.2 Å². The van der Waals surface area contributed by atoms with Crippen LogP contribution >= 0.6 is 0 Å². The zero-order chi connectivity index (χ0) is 17.8. The van der Waals surface area contributed by atoms with Gasteiger partial charge >= 0.3 is 0 Å². The fraction of sp³-hybridized carbons (Fsp3) is 0.579. The Balaban J connectivity index is 1.53. The Morgan fingerprint density at radius 3 is 2.80 bits per heavy atom. The number of rotatable bonds is 5. The molecule has 6 nitrogen and oxygen atoms in total. The van der Waals surface area contributed by atoms with Gasteiger partial charge in [-0.2, -0.15) is 0 Å². The molecule has 1 aromatic rings. The zero-order valence-electron chi connectivity index (χ0n) is 15.1. The molecule has 0 saturated carbocycles. The molecule has 0 aliphatic carbocycles. The van der Waals surface area contributed by atoms with Crippen molar-refractivity contribution in [2.75, 3.05) is 50.8 Å². The first-order valence-corrected chi connectivity index (χ1v) is 9.00. The average Bonchev–Trinajstić information content (AvgIpc) is 3.00. The summed E-state index contributed by atoms with van der Waals surface area (Å²) in [7, 11) is 0. The molecule has 2 saturated heterocycles. The number of nitrogens with one attached hydrogen (secondary N) is 1. The van der Waals surface area contributed by atoms with Crippen molar-refractivity contribution < 1.29 is 14.3 Å². The average molecular weight is 345 g/mol. The Labute approximate surface area is 149 Å². The van der Waals surface area contributed by atoms with Crippen molar-refractivity contribution in [2.24, 2.45) is 5.92 Å². The molecule has 0 spiro atoms. The van der Waals surface area contributed by atoms with Gasteiger partial charge in [-0.25, -0.2) is 0 Å². The third kappa shape index (κ3) is 4.19. The lowest BCUT2D eigenvalue weighted by molar-refractivity contribution is -0.126. The van der Waals surface area contributed by atoms with Crippen LogP contribution in [0.3, 0.4) is 0 Å². The highest BCUT2D eigenvalue weighted by Crippen LogP contribution is 2.29. The van der Waals surface area contributed by atoms with E-state index < -0.39 is 0 Å². The Hall–Kier alpha value is -1.92. The minimum absolute atomic E-state index is 0.0191. The van der Waals surface area contributed by atoms with E-state index in [-0.39, 0.29) is 24.2 Å². The standard InChI is InChI=1S/C19H27N3O3/c1-14-4-3-5-17(15(14)2)22-13-16(12-18(22)23)19(24)20-6-7-21-8-10-25-11-9-21/h3-5,16H,6-13H2,1-2H3,(H,20,24)/t16-/m0/s1. The fourth-order valence-corrected chi connectivity index (χ4v) is 3.45.